The number of anilines is 1. The quantitative estimate of drug-likeness (QED) is 0.895. The van der Waals surface area contributed by atoms with Crippen LogP contribution in [0.1, 0.15) is 13.3 Å². The van der Waals surface area contributed by atoms with Gasteiger partial charge in [-0.25, -0.2) is 4.98 Å². The van der Waals surface area contributed by atoms with Gasteiger partial charge in [-0.2, -0.15) is 0 Å². The van der Waals surface area contributed by atoms with Crippen LogP contribution in [0.15, 0.2) is 21.2 Å². The molecule has 3 nitrogen and oxygen atoms in total. The van der Waals surface area contributed by atoms with Gasteiger partial charge in [0.2, 0.25) is 0 Å². The maximum Gasteiger partial charge on any atom is 0.140 e. The summed E-state index contributed by atoms with van der Waals surface area (Å²) in [5.41, 5.74) is 0. The SMILES string of the molecule is CC(O)CCNc1ncc(Br)cc1Br. The van der Waals surface area contributed by atoms with E-state index in [1.807, 2.05) is 6.07 Å². The Bertz CT molecular complexity index is 305. The molecule has 0 radical (unpaired) electrons. The maximum atomic E-state index is 9.06. The molecule has 0 saturated heterocycles. The van der Waals surface area contributed by atoms with Gasteiger partial charge in [0.05, 0.1) is 10.6 Å². The van der Waals surface area contributed by atoms with Crippen LogP contribution in [0.2, 0.25) is 0 Å². The summed E-state index contributed by atoms with van der Waals surface area (Å²) in [4.78, 5) is 4.19. The molecule has 0 saturated carbocycles. The Labute approximate surface area is 100 Å². The van der Waals surface area contributed by atoms with Crippen LogP contribution in [0.25, 0.3) is 0 Å². The van der Waals surface area contributed by atoms with E-state index in [2.05, 4.69) is 42.2 Å². The van der Waals surface area contributed by atoms with Crippen LogP contribution in [0.5, 0.6) is 0 Å². The molecular formula is C9H12Br2N2O. The third-order valence-electron chi connectivity index (χ3n) is 1.66. The zero-order valence-electron chi connectivity index (χ0n) is 7.80. The van der Waals surface area contributed by atoms with Crippen molar-refractivity contribution in [3.63, 3.8) is 0 Å². The second-order valence-electron chi connectivity index (χ2n) is 3.05. The van der Waals surface area contributed by atoms with Gasteiger partial charge in [-0.05, 0) is 51.3 Å². The molecule has 1 heterocycles. The van der Waals surface area contributed by atoms with Crippen LogP contribution < -0.4 is 5.32 Å². The minimum Gasteiger partial charge on any atom is -0.393 e. The molecule has 5 heteroatoms. The zero-order valence-corrected chi connectivity index (χ0v) is 11.0. The average molecular weight is 324 g/mol. The van der Waals surface area contributed by atoms with Gasteiger partial charge in [-0.1, -0.05) is 0 Å². The monoisotopic (exact) mass is 322 g/mol. The molecule has 78 valence electrons. The summed E-state index contributed by atoms with van der Waals surface area (Å²) in [6, 6.07) is 1.93. The summed E-state index contributed by atoms with van der Waals surface area (Å²) >= 11 is 6.72. The van der Waals surface area contributed by atoms with Gasteiger partial charge in [0.25, 0.3) is 0 Å². The van der Waals surface area contributed by atoms with Gasteiger partial charge in [0, 0.05) is 17.2 Å². The fraction of sp³-hybridized carbons (Fsp3) is 0.444. The molecule has 0 aliphatic heterocycles. The number of pyridine rings is 1. The lowest BCUT2D eigenvalue weighted by molar-refractivity contribution is 0.188. The van der Waals surface area contributed by atoms with Crippen molar-refractivity contribution in [1.82, 2.24) is 4.98 Å². The smallest absolute Gasteiger partial charge is 0.140 e. The number of halogens is 2. The number of hydrogen-bond acceptors (Lipinski definition) is 3. The Balaban J connectivity index is 2.51. The lowest BCUT2D eigenvalue weighted by Crippen LogP contribution is -2.10. The molecule has 0 fully saturated rings. The second kappa shape index (κ2) is 5.68. The van der Waals surface area contributed by atoms with Crippen LogP contribution in [0.3, 0.4) is 0 Å². The summed E-state index contributed by atoms with van der Waals surface area (Å²) in [6.07, 6.45) is 2.16. The highest BCUT2D eigenvalue weighted by Crippen LogP contribution is 2.23. The number of aliphatic hydroxyl groups is 1. The molecule has 0 aliphatic carbocycles. The van der Waals surface area contributed by atoms with E-state index in [1.54, 1.807) is 13.1 Å². The number of nitrogens with zero attached hydrogens (tertiary/aromatic N) is 1. The van der Waals surface area contributed by atoms with Crippen molar-refractivity contribution in [2.45, 2.75) is 19.4 Å². The van der Waals surface area contributed by atoms with E-state index in [9.17, 15) is 0 Å². The predicted octanol–water partition coefficient (Wildman–Crippen LogP) is 2.79. The lowest BCUT2D eigenvalue weighted by Gasteiger charge is -2.08. The van der Waals surface area contributed by atoms with Crippen molar-refractivity contribution in [3.05, 3.63) is 21.2 Å². The van der Waals surface area contributed by atoms with E-state index >= 15 is 0 Å². The van der Waals surface area contributed by atoms with Crippen LogP contribution in [-0.2, 0) is 0 Å². The van der Waals surface area contributed by atoms with E-state index in [1.165, 1.54) is 0 Å². The summed E-state index contributed by atoms with van der Waals surface area (Å²) in [6.45, 7) is 2.48. The van der Waals surface area contributed by atoms with Gasteiger partial charge < -0.3 is 10.4 Å². The van der Waals surface area contributed by atoms with Gasteiger partial charge in [0.1, 0.15) is 5.82 Å². The highest BCUT2D eigenvalue weighted by Gasteiger charge is 2.02. The normalized spacial score (nSPS) is 12.6. The number of hydrogen-bond donors (Lipinski definition) is 2. The largest absolute Gasteiger partial charge is 0.393 e. The van der Waals surface area contributed by atoms with Crippen LogP contribution in [0.4, 0.5) is 5.82 Å². The first-order valence-electron chi connectivity index (χ1n) is 4.32. The molecule has 1 aromatic rings. The summed E-state index contributed by atoms with van der Waals surface area (Å²) < 4.78 is 1.85. The standard InChI is InChI=1S/C9H12Br2N2O/c1-6(14)2-3-12-9-8(11)4-7(10)5-13-9/h4-6,14H,2-3H2,1H3,(H,12,13). The first-order valence-corrected chi connectivity index (χ1v) is 5.91. The van der Waals surface area contributed by atoms with Gasteiger partial charge in [-0.15, -0.1) is 0 Å². The minimum atomic E-state index is -0.281. The molecule has 1 unspecified atom stereocenters. The highest BCUT2D eigenvalue weighted by molar-refractivity contribution is 9.11. The molecule has 14 heavy (non-hydrogen) atoms. The minimum absolute atomic E-state index is 0.281. The van der Waals surface area contributed by atoms with Crippen molar-refractivity contribution in [2.75, 3.05) is 11.9 Å². The van der Waals surface area contributed by atoms with Crippen molar-refractivity contribution < 1.29 is 5.11 Å². The third-order valence-corrected chi connectivity index (χ3v) is 2.70. The Hall–Kier alpha value is -0.130. The topological polar surface area (TPSA) is 45.1 Å². The fourth-order valence-corrected chi connectivity index (χ4v) is 2.07. The molecule has 0 aromatic carbocycles. The van der Waals surface area contributed by atoms with Crippen LogP contribution in [0, 0.1) is 0 Å². The first kappa shape index (κ1) is 11.9. The Morgan fingerprint density at radius 1 is 1.57 bits per heavy atom. The first-order chi connectivity index (χ1) is 6.59. The zero-order chi connectivity index (χ0) is 10.6. The van der Waals surface area contributed by atoms with Gasteiger partial charge >= 0.3 is 0 Å². The highest BCUT2D eigenvalue weighted by atomic mass is 79.9. The van der Waals surface area contributed by atoms with Crippen molar-refractivity contribution in [3.8, 4) is 0 Å². The van der Waals surface area contributed by atoms with Crippen molar-refractivity contribution in [2.24, 2.45) is 0 Å². The predicted molar refractivity (Wildman–Crippen MR) is 64.4 cm³/mol. The molecule has 0 bridgehead atoms. The number of nitrogens with one attached hydrogen (secondary N) is 1. The molecule has 0 amide bonds. The number of aliphatic hydroxyl groups excluding tert-OH is 1. The molecule has 2 N–H and O–H groups in total. The Kier molecular flexibility index (Phi) is 4.84. The molecule has 0 aliphatic rings. The number of rotatable bonds is 4. The van der Waals surface area contributed by atoms with Crippen molar-refractivity contribution in [1.29, 1.82) is 0 Å². The molecule has 1 aromatic heterocycles. The molecule has 1 atom stereocenters. The van der Waals surface area contributed by atoms with E-state index in [-0.39, 0.29) is 6.10 Å². The van der Waals surface area contributed by atoms with E-state index in [0.717, 1.165) is 14.8 Å². The van der Waals surface area contributed by atoms with Gasteiger partial charge in [0.15, 0.2) is 0 Å². The third kappa shape index (κ3) is 3.94. The number of aromatic nitrogens is 1. The summed E-state index contributed by atoms with van der Waals surface area (Å²) in [5.74, 6) is 0.800. The molecule has 1 rings (SSSR count). The Morgan fingerprint density at radius 2 is 2.29 bits per heavy atom. The average Bonchev–Trinajstić information content (AvgIpc) is 2.08. The Morgan fingerprint density at radius 3 is 2.86 bits per heavy atom. The van der Waals surface area contributed by atoms with E-state index in [4.69, 9.17) is 5.11 Å². The second-order valence-corrected chi connectivity index (χ2v) is 4.82. The van der Waals surface area contributed by atoms with Gasteiger partial charge in [-0.3, -0.25) is 0 Å². The summed E-state index contributed by atoms with van der Waals surface area (Å²) in [5, 5.41) is 12.2. The lowest BCUT2D eigenvalue weighted by atomic mass is 10.3. The maximum absolute atomic E-state index is 9.06. The summed E-state index contributed by atoms with van der Waals surface area (Å²) in [7, 11) is 0. The van der Waals surface area contributed by atoms with Crippen LogP contribution in [-0.4, -0.2) is 22.7 Å². The van der Waals surface area contributed by atoms with Crippen LogP contribution >= 0.6 is 31.9 Å². The fourth-order valence-electron chi connectivity index (χ4n) is 0.944. The van der Waals surface area contributed by atoms with E-state index < -0.39 is 0 Å². The van der Waals surface area contributed by atoms with E-state index in [0.29, 0.717) is 13.0 Å². The molecule has 0 spiro atoms. The molecular weight excluding hydrogens is 312 g/mol. The van der Waals surface area contributed by atoms with Crippen molar-refractivity contribution >= 4 is 37.7 Å².